The fraction of sp³-hybridized carbons (Fsp3) is 0.444. The molecule has 1 aromatic carbocycles. The van der Waals surface area contributed by atoms with E-state index in [0.29, 0.717) is 33.6 Å². The lowest BCUT2D eigenvalue weighted by molar-refractivity contribution is -0.147. The van der Waals surface area contributed by atoms with Crippen LogP contribution in [0, 0.1) is 0 Å². The van der Waals surface area contributed by atoms with E-state index in [1.165, 1.54) is 11.8 Å². The van der Waals surface area contributed by atoms with Crippen molar-refractivity contribution in [1.29, 1.82) is 0 Å². The molecule has 1 aromatic heterocycles. The largest absolute Gasteiger partial charge is 0.472 e. The Morgan fingerprint density at radius 3 is 2.65 bits per heavy atom. The Bertz CT molecular complexity index is 759. The van der Waals surface area contributed by atoms with Gasteiger partial charge in [-0.1, -0.05) is 47.1 Å². The summed E-state index contributed by atoms with van der Waals surface area (Å²) in [6.07, 6.45) is -0.388. The summed E-state index contributed by atoms with van der Waals surface area (Å²) in [5.74, 6) is 0.537. The lowest BCUT2D eigenvalue weighted by Gasteiger charge is -2.21. The van der Waals surface area contributed by atoms with Crippen molar-refractivity contribution < 1.29 is 14.2 Å². The Labute approximate surface area is 167 Å². The number of aromatic nitrogens is 2. The maximum Gasteiger partial charge on any atom is 0.219 e. The number of halogens is 2. The normalized spacial score (nSPS) is 20.1. The average Bonchev–Trinajstić information content (AvgIpc) is 2.94. The van der Waals surface area contributed by atoms with E-state index in [1.54, 1.807) is 6.07 Å². The van der Waals surface area contributed by atoms with E-state index in [9.17, 15) is 0 Å². The third-order valence-corrected chi connectivity index (χ3v) is 5.16. The predicted octanol–water partition coefficient (Wildman–Crippen LogP) is 4.99. The Morgan fingerprint density at radius 2 is 2.00 bits per heavy atom. The molecule has 2 heterocycles. The number of benzene rings is 1. The minimum absolute atomic E-state index is 0.163. The maximum absolute atomic E-state index is 6.12. The van der Waals surface area contributed by atoms with Gasteiger partial charge in [-0.25, -0.2) is 4.98 Å². The first kappa shape index (κ1) is 19.7. The summed E-state index contributed by atoms with van der Waals surface area (Å²) in [5, 5.41) is 1.60. The van der Waals surface area contributed by atoms with Gasteiger partial charge < -0.3 is 14.2 Å². The van der Waals surface area contributed by atoms with Gasteiger partial charge in [0, 0.05) is 16.8 Å². The zero-order valence-corrected chi connectivity index (χ0v) is 17.1. The first-order chi connectivity index (χ1) is 12.3. The molecule has 0 bridgehead atoms. The zero-order chi connectivity index (χ0) is 18.7. The van der Waals surface area contributed by atoms with Gasteiger partial charge in [0.2, 0.25) is 5.88 Å². The third-order valence-electron chi connectivity index (χ3n) is 3.79. The molecule has 8 heteroatoms. The molecule has 1 aliphatic rings. The quantitative estimate of drug-likeness (QED) is 0.376. The highest BCUT2D eigenvalue weighted by molar-refractivity contribution is 7.98. The van der Waals surface area contributed by atoms with Crippen LogP contribution in [-0.2, 0) is 15.2 Å². The first-order valence-corrected chi connectivity index (χ1v) is 9.95. The van der Waals surface area contributed by atoms with Crippen LogP contribution in [0.15, 0.2) is 35.5 Å². The molecule has 5 nitrogen and oxygen atoms in total. The summed E-state index contributed by atoms with van der Waals surface area (Å²) in [5.41, 5.74) is 1.12. The molecular weight excluding hydrogens is 395 g/mol. The van der Waals surface area contributed by atoms with Gasteiger partial charge in [-0.15, -0.1) is 0 Å². The number of hydrogen-bond acceptors (Lipinski definition) is 6. The van der Waals surface area contributed by atoms with Gasteiger partial charge in [-0.2, -0.15) is 4.98 Å². The molecule has 140 valence electrons. The van der Waals surface area contributed by atoms with Crippen LogP contribution in [0.4, 0.5) is 0 Å². The molecule has 0 unspecified atom stereocenters. The fourth-order valence-electron chi connectivity index (χ4n) is 2.44. The summed E-state index contributed by atoms with van der Waals surface area (Å²) in [6.45, 7) is 6.16. The Morgan fingerprint density at radius 1 is 1.27 bits per heavy atom. The van der Waals surface area contributed by atoms with Crippen LogP contribution in [0.5, 0.6) is 5.88 Å². The average molecular weight is 415 g/mol. The van der Waals surface area contributed by atoms with Gasteiger partial charge in [0.25, 0.3) is 0 Å². The topological polar surface area (TPSA) is 53.5 Å². The molecule has 0 amide bonds. The van der Waals surface area contributed by atoms with Crippen LogP contribution >= 0.6 is 35.0 Å². The minimum Gasteiger partial charge on any atom is -0.472 e. The van der Waals surface area contributed by atoms with Gasteiger partial charge in [-0.3, -0.25) is 0 Å². The summed E-state index contributed by atoms with van der Waals surface area (Å²) >= 11 is 13.5. The SMILES string of the molecule is C[C@@H](Oc1cc(Cl)nc(SCc2ccc(Cl)cc2)n1)[C@@H]1COC(C)(C)O1. The maximum atomic E-state index is 6.12. The van der Waals surface area contributed by atoms with Crippen molar-refractivity contribution in [3.05, 3.63) is 46.1 Å². The van der Waals surface area contributed by atoms with Crippen molar-refractivity contribution in [3.8, 4) is 5.88 Å². The van der Waals surface area contributed by atoms with Gasteiger partial charge >= 0.3 is 0 Å². The minimum atomic E-state index is -0.592. The zero-order valence-electron chi connectivity index (χ0n) is 14.7. The lowest BCUT2D eigenvalue weighted by Crippen LogP contribution is -2.33. The van der Waals surface area contributed by atoms with Crippen molar-refractivity contribution in [2.75, 3.05) is 6.61 Å². The molecular formula is C18H20Cl2N2O3S. The van der Waals surface area contributed by atoms with Crippen molar-refractivity contribution in [1.82, 2.24) is 9.97 Å². The fourth-order valence-corrected chi connectivity index (χ4v) is 3.60. The molecule has 2 atom stereocenters. The van der Waals surface area contributed by atoms with E-state index in [4.69, 9.17) is 37.4 Å². The molecule has 3 rings (SSSR count). The highest BCUT2D eigenvalue weighted by atomic mass is 35.5. The molecule has 26 heavy (non-hydrogen) atoms. The molecule has 0 spiro atoms. The van der Waals surface area contributed by atoms with Gasteiger partial charge in [0.05, 0.1) is 6.61 Å². The monoisotopic (exact) mass is 414 g/mol. The van der Waals surface area contributed by atoms with Gasteiger partial charge in [-0.05, 0) is 38.5 Å². The summed E-state index contributed by atoms with van der Waals surface area (Å²) in [6, 6.07) is 9.26. The van der Waals surface area contributed by atoms with E-state index in [0.717, 1.165) is 5.56 Å². The predicted molar refractivity (Wildman–Crippen MR) is 103 cm³/mol. The highest BCUT2D eigenvalue weighted by Gasteiger charge is 2.36. The molecule has 0 N–H and O–H groups in total. The van der Waals surface area contributed by atoms with Crippen molar-refractivity contribution in [3.63, 3.8) is 0 Å². The van der Waals surface area contributed by atoms with E-state index >= 15 is 0 Å². The Balaban J connectivity index is 1.62. The highest BCUT2D eigenvalue weighted by Crippen LogP contribution is 2.28. The molecule has 0 saturated carbocycles. The Hall–Kier alpha value is -1.05. The summed E-state index contributed by atoms with van der Waals surface area (Å²) in [4.78, 5) is 8.69. The lowest BCUT2D eigenvalue weighted by atomic mass is 10.2. The summed E-state index contributed by atoms with van der Waals surface area (Å²) < 4.78 is 17.3. The van der Waals surface area contributed by atoms with E-state index in [2.05, 4.69) is 9.97 Å². The van der Waals surface area contributed by atoms with Crippen molar-refractivity contribution in [2.24, 2.45) is 0 Å². The third kappa shape index (κ3) is 5.47. The molecule has 1 fully saturated rings. The van der Waals surface area contributed by atoms with Crippen LogP contribution in [0.2, 0.25) is 10.2 Å². The molecule has 2 aromatic rings. The second kappa shape index (κ2) is 8.31. The van der Waals surface area contributed by atoms with E-state index in [-0.39, 0.29) is 12.2 Å². The van der Waals surface area contributed by atoms with Crippen LogP contribution in [0.3, 0.4) is 0 Å². The second-order valence-corrected chi connectivity index (χ2v) is 8.18. The Kier molecular flexibility index (Phi) is 6.30. The standard InChI is InChI=1S/C18H20Cl2N2O3S/c1-11(14-9-23-18(2,3)25-14)24-16-8-15(20)21-17(22-16)26-10-12-4-6-13(19)7-5-12/h4-8,11,14H,9-10H2,1-3H3/t11-,14+/m1/s1. The first-order valence-electron chi connectivity index (χ1n) is 8.21. The van der Waals surface area contributed by atoms with Crippen LogP contribution in [0.25, 0.3) is 0 Å². The van der Waals surface area contributed by atoms with E-state index in [1.807, 2.05) is 45.0 Å². The van der Waals surface area contributed by atoms with Crippen molar-refractivity contribution in [2.45, 2.75) is 49.7 Å². The van der Waals surface area contributed by atoms with E-state index < -0.39 is 5.79 Å². The van der Waals surface area contributed by atoms with Crippen LogP contribution in [-0.4, -0.2) is 34.6 Å². The smallest absolute Gasteiger partial charge is 0.219 e. The number of ether oxygens (including phenoxy) is 3. The van der Waals surface area contributed by atoms with Gasteiger partial charge in [0.15, 0.2) is 10.9 Å². The molecule has 0 radical (unpaired) electrons. The number of nitrogens with zero attached hydrogens (tertiary/aromatic N) is 2. The van der Waals surface area contributed by atoms with Crippen molar-refractivity contribution >= 4 is 35.0 Å². The number of thioether (sulfide) groups is 1. The summed E-state index contributed by atoms with van der Waals surface area (Å²) in [7, 11) is 0. The molecule has 0 aliphatic carbocycles. The molecule has 1 aliphatic heterocycles. The van der Waals surface area contributed by atoms with Crippen LogP contribution in [0.1, 0.15) is 26.3 Å². The van der Waals surface area contributed by atoms with Gasteiger partial charge in [0.1, 0.15) is 17.4 Å². The number of hydrogen-bond donors (Lipinski definition) is 0. The molecule has 1 saturated heterocycles. The second-order valence-electron chi connectivity index (χ2n) is 6.42. The number of rotatable bonds is 6. The van der Waals surface area contributed by atoms with Crippen LogP contribution < -0.4 is 4.74 Å².